The van der Waals surface area contributed by atoms with Crippen molar-refractivity contribution in [2.75, 3.05) is 18.5 Å². The van der Waals surface area contributed by atoms with Crippen LogP contribution in [-0.2, 0) is 18.3 Å². The van der Waals surface area contributed by atoms with Crippen LogP contribution < -0.4 is 21.1 Å². The molecular weight excluding hydrogens is 336 g/mol. The molecule has 3 aromatic rings. The maximum atomic E-state index is 12.8. The van der Waals surface area contributed by atoms with Crippen LogP contribution in [-0.4, -0.2) is 32.3 Å². The van der Waals surface area contributed by atoms with Crippen molar-refractivity contribution < 1.29 is 9.30 Å². The number of hydrogen-bond donors (Lipinski definition) is 2. The van der Waals surface area contributed by atoms with E-state index >= 15 is 0 Å². The van der Waals surface area contributed by atoms with Crippen LogP contribution in [0.25, 0.3) is 11.2 Å². The Bertz CT molecular complexity index is 1140. The van der Waals surface area contributed by atoms with Crippen molar-refractivity contribution >= 4 is 22.8 Å². The standard InChI is InChI=1S/C17H18N6O3/c1-21-13-9-22-8-12-11(2-3-14(24)18-12)19-16(22)20-15(13)23(17(21)25)10-4-6-26-7-5-10/h2-3,9-10H,4-8H2,1H3,(H,18,24)/p+1. The lowest BCUT2D eigenvalue weighted by atomic mass is 10.1. The number of fused-ring (bicyclic) bond motifs is 3. The van der Waals surface area contributed by atoms with Crippen LogP contribution in [0, 0.1) is 0 Å². The minimum atomic E-state index is -0.137. The Morgan fingerprint density at radius 1 is 1.27 bits per heavy atom. The van der Waals surface area contributed by atoms with Gasteiger partial charge in [0.1, 0.15) is 17.7 Å². The number of anilines is 2. The largest absolute Gasteiger partial charge is 0.399 e. The number of nitrogens with zero attached hydrogens (tertiary/aromatic N) is 4. The van der Waals surface area contributed by atoms with E-state index in [1.54, 1.807) is 22.2 Å². The molecule has 9 heteroatoms. The highest BCUT2D eigenvalue weighted by molar-refractivity contribution is 5.72. The third-order valence-corrected chi connectivity index (χ3v) is 5.21. The minimum absolute atomic E-state index is 0.0618. The zero-order chi connectivity index (χ0) is 17.8. The smallest absolute Gasteiger partial charge is 0.381 e. The Hall–Kier alpha value is -2.94. The number of aryl methyl sites for hydroxylation is 1. The molecule has 9 nitrogen and oxygen atoms in total. The second-order valence-corrected chi connectivity index (χ2v) is 6.80. The van der Waals surface area contributed by atoms with Gasteiger partial charge < -0.3 is 9.72 Å². The quantitative estimate of drug-likeness (QED) is 0.474. The third-order valence-electron chi connectivity index (χ3n) is 5.21. The first-order valence-corrected chi connectivity index (χ1v) is 8.70. The van der Waals surface area contributed by atoms with E-state index in [-0.39, 0.29) is 17.3 Å². The summed E-state index contributed by atoms with van der Waals surface area (Å²) in [7, 11) is 1.77. The molecular formula is C17H19N6O3+. The molecule has 0 spiro atoms. The van der Waals surface area contributed by atoms with Crippen LogP contribution >= 0.6 is 0 Å². The Morgan fingerprint density at radius 2 is 2.08 bits per heavy atom. The number of hydrogen-bond acceptors (Lipinski definition) is 5. The van der Waals surface area contributed by atoms with Gasteiger partial charge in [-0.25, -0.2) is 14.7 Å². The second kappa shape index (κ2) is 5.53. The van der Waals surface area contributed by atoms with Gasteiger partial charge in [0.05, 0.1) is 11.9 Å². The fraction of sp³-hybridized carbons (Fsp3) is 0.412. The maximum absolute atomic E-state index is 12.8. The van der Waals surface area contributed by atoms with Crippen molar-refractivity contribution in [3.63, 3.8) is 0 Å². The number of pyridine rings is 1. The van der Waals surface area contributed by atoms with Gasteiger partial charge in [-0.2, -0.15) is 0 Å². The summed E-state index contributed by atoms with van der Waals surface area (Å²) in [5.41, 5.74) is 2.87. The number of H-pyrrole nitrogens is 1. The van der Waals surface area contributed by atoms with Gasteiger partial charge in [0.2, 0.25) is 11.2 Å². The van der Waals surface area contributed by atoms with E-state index in [1.807, 2.05) is 10.8 Å². The van der Waals surface area contributed by atoms with E-state index in [0.29, 0.717) is 31.4 Å². The van der Waals surface area contributed by atoms with Crippen LogP contribution in [0.4, 0.5) is 11.6 Å². The monoisotopic (exact) mass is 355 g/mol. The molecule has 26 heavy (non-hydrogen) atoms. The molecule has 0 bridgehead atoms. The number of imidazole rings is 1. The van der Waals surface area contributed by atoms with Crippen LogP contribution in [0.5, 0.6) is 0 Å². The van der Waals surface area contributed by atoms with E-state index in [2.05, 4.69) is 10.3 Å². The van der Waals surface area contributed by atoms with Crippen molar-refractivity contribution in [2.24, 2.45) is 7.05 Å². The molecule has 2 N–H and O–H groups in total. The molecule has 0 radical (unpaired) electrons. The van der Waals surface area contributed by atoms with Crippen LogP contribution in [0.1, 0.15) is 24.6 Å². The van der Waals surface area contributed by atoms with Crippen molar-refractivity contribution in [1.29, 1.82) is 0 Å². The molecule has 1 saturated heterocycles. The summed E-state index contributed by atoms with van der Waals surface area (Å²) < 4.78 is 10.8. The number of ether oxygens (including phenoxy) is 1. The van der Waals surface area contributed by atoms with Crippen molar-refractivity contribution in [1.82, 2.24) is 19.1 Å². The fourth-order valence-corrected chi connectivity index (χ4v) is 3.80. The van der Waals surface area contributed by atoms with Gasteiger partial charge >= 0.3 is 11.6 Å². The summed E-state index contributed by atoms with van der Waals surface area (Å²) in [5, 5.41) is 3.25. The second-order valence-electron chi connectivity index (χ2n) is 6.80. The molecule has 0 aromatic carbocycles. The molecule has 2 aliphatic rings. The van der Waals surface area contributed by atoms with E-state index < -0.39 is 0 Å². The number of aromatic amines is 1. The molecule has 5 rings (SSSR count). The van der Waals surface area contributed by atoms with Crippen LogP contribution in [0.15, 0.2) is 27.9 Å². The predicted molar refractivity (Wildman–Crippen MR) is 93.7 cm³/mol. The summed E-state index contributed by atoms with van der Waals surface area (Å²) in [5.74, 6) is 0.656. The van der Waals surface area contributed by atoms with Gasteiger partial charge in [0.25, 0.3) is 0 Å². The van der Waals surface area contributed by atoms with Crippen LogP contribution in [0.3, 0.4) is 0 Å². The van der Waals surface area contributed by atoms with Gasteiger partial charge in [0.15, 0.2) is 0 Å². The molecule has 0 aliphatic carbocycles. The average Bonchev–Trinajstić information content (AvgIpc) is 2.89. The minimum Gasteiger partial charge on any atom is -0.381 e. The van der Waals surface area contributed by atoms with E-state index in [4.69, 9.17) is 9.72 Å². The van der Waals surface area contributed by atoms with Gasteiger partial charge in [-0.15, -0.1) is 0 Å². The third kappa shape index (κ3) is 2.20. The molecule has 1 fully saturated rings. The van der Waals surface area contributed by atoms with Gasteiger partial charge in [-0.1, -0.05) is 4.98 Å². The molecule has 0 unspecified atom stereocenters. The maximum Gasteiger partial charge on any atom is 0.399 e. The highest BCUT2D eigenvalue weighted by Gasteiger charge is 2.29. The first kappa shape index (κ1) is 15.3. The van der Waals surface area contributed by atoms with Crippen LogP contribution in [0.2, 0.25) is 0 Å². The molecule has 0 amide bonds. The summed E-state index contributed by atoms with van der Waals surface area (Å²) in [4.78, 5) is 32.0. The van der Waals surface area contributed by atoms with Crippen molar-refractivity contribution in [3.05, 3.63) is 44.9 Å². The first-order chi connectivity index (χ1) is 12.6. The van der Waals surface area contributed by atoms with Gasteiger partial charge in [-0.05, 0) is 18.9 Å². The molecule has 5 heterocycles. The Morgan fingerprint density at radius 3 is 2.88 bits per heavy atom. The highest BCUT2D eigenvalue weighted by atomic mass is 16.5. The van der Waals surface area contributed by atoms with E-state index in [1.165, 1.54) is 6.07 Å². The van der Waals surface area contributed by atoms with Crippen molar-refractivity contribution in [3.8, 4) is 0 Å². The zero-order valence-corrected chi connectivity index (χ0v) is 14.4. The SMILES string of the molecule is Cn1c(=O)n(C2CCOCC2)c2nc3[n+](cc21)Cc1[nH]c(=O)ccc1N3. The molecule has 2 aliphatic heterocycles. The normalized spacial score (nSPS) is 17.0. The molecule has 134 valence electrons. The lowest BCUT2D eigenvalue weighted by Crippen LogP contribution is -2.42. The van der Waals surface area contributed by atoms with Crippen molar-refractivity contribution in [2.45, 2.75) is 25.4 Å². The average molecular weight is 355 g/mol. The summed E-state index contributed by atoms with van der Waals surface area (Å²) in [6, 6.07) is 3.34. The number of aromatic nitrogens is 5. The fourth-order valence-electron chi connectivity index (χ4n) is 3.80. The van der Waals surface area contributed by atoms with Gasteiger partial charge in [-0.3, -0.25) is 13.9 Å². The predicted octanol–water partition coefficient (Wildman–Crippen LogP) is 0.168. The Kier molecular flexibility index (Phi) is 3.26. The van der Waals surface area contributed by atoms with E-state index in [9.17, 15) is 9.59 Å². The first-order valence-electron chi connectivity index (χ1n) is 8.70. The molecule has 0 atom stereocenters. The zero-order valence-electron chi connectivity index (χ0n) is 14.4. The lowest BCUT2D eigenvalue weighted by Gasteiger charge is -2.22. The number of nitrogens with one attached hydrogen (secondary N) is 2. The molecule has 3 aromatic heterocycles. The number of rotatable bonds is 1. The molecule has 0 saturated carbocycles. The Balaban J connectivity index is 1.68. The Labute approximate surface area is 147 Å². The van der Waals surface area contributed by atoms with Gasteiger partial charge in [0, 0.05) is 32.4 Å². The highest BCUT2D eigenvalue weighted by Crippen LogP contribution is 2.25. The lowest BCUT2D eigenvalue weighted by molar-refractivity contribution is -0.677. The summed E-state index contributed by atoms with van der Waals surface area (Å²) in [6.45, 7) is 1.81. The topological polar surface area (TPSA) is 97.8 Å². The van der Waals surface area contributed by atoms with E-state index in [0.717, 1.165) is 29.7 Å². The summed E-state index contributed by atoms with van der Waals surface area (Å²) >= 11 is 0. The summed E-state index contributed by atoms with van der Waals surface area (Å²) in [6.07, 6.45) is 3.53.